The summed E-state index contributed by atoms with van der Waals surface area (Å²) in [4.78, 5) is 0. The van der Waals surface area contributed by atoms with Crippen LogP contribution in [0.15, 0.2) is 170 Å². The first-order chi connectivity index (χ1) is 24.8. The average molecular weight is 629 g/mol. The van der Waals surface area contributed by atoms with Crippen molar-refractivity contribution in [2.24, 2.45) is 0 Å². The second-order valence-corrected chi connectivity index (χ2v) is 14.0. The minimum absolute atomic E-state index is 1.27. The van der Waals surface area contributed by atoms with Crippen molar-refractivity contribution >= 4 is 118 Å². The van der Waals surface area contributed by atoms with E-state index in [0.717, 1.165) is 0 Å². The Balaban J connectivity index is 1.42. The van der Waals surface area contributed by atoms with Crippen molar-refractivity contribution in [2.45, 2.75) is 0 Å². The maximum Gasteiger partial charge on any atom is -0.00139 e. The van der Waals surface area contributed by atoms with Crippen LogP contribution in [0.25, 0.3) is 118 Å². The molecule has 0 fully saturated rings. The predicted molar refractivity (Wildman–Crippen MR) is 219 cm³/mol. The molecule has 0 heteroatoms. The van der Waals surface area contributed by atoms with Gasteiger partial charge in [0.2, 0.25) is 0 Å². The molecule has 0 aliphatic heterocycles. The molecule has 0 atom stereocenters. The van der Waals surface area contributed by atoms with E-state index in [9.17, 15) is 0 Å². The maximum absolute atomic E-state index is 2.33. The Labute approximate surface area is 287 Å². The predicted octanol–water partition coefficient (Wildman–Crippen LogP) is 14.4. The fraction of sp³-hybridized carbons (Fsp3) is 0. The van der Waals surface area contributed by atoms with Crippen molar-refractivity contribution in [1.82, 2.24) is 0 Å². The Morgan fingerprint density at radius 1 is 0.140 bits per heavy atom. The molecule has 0 radical (unpaired) electrons. The van der Waals surface area contributed by atoms with Crippen molar-refractivity contribution < 1.29 is 0 Å². The van der Waals surface area contributed by atoms with E-state index in [-0.39, 0.29) is 0 Å². The van der Waals surface area contributed by atoms with Crippen LogP contribution in [-0.4, -0.2) is 0 Å². The fourth-order valence-electron chi connectivity index (χ4n) is 9.30. The fourth-order valence-corrected chi connectivity index (χ4v) is 9.30. The second kappa shape index (κ2) is 9.56. The average Bonchev–Trinajstić information content (AvgIpc) is 3.19. The van der Waals surface area contributed by atoms with Gasteiger partial charge in [-0.15, -0.1) is 0 Å². The molecule has 0 N–H and O–H groups in total. The van der Waals surface area contributed by atoms with Gasteiger partial charge in [0.1, 0.15) is 0 Å². The lowest BCUT2D eigenvalue weighted by atomic mass is 9.85. The van der Waals surface area contributed by atoms with E-state index >= 15 is 0 Å². The lowest BCUT2D eigenvalue weighted by Gasteiger charge is -2.17. The summed E-state index contributed by atoms with van der Waals surface area (Å²) in [6.07, 6.45) is 0. The second-order valence-electron chi connectivity index (χ2n) is 14.0. The number of fused-ring (bicyclic) bond motifs is 21. The molecule has 0 saturated heterocycles. The van der Waals surface area contributed by atoms with Gasteiger partial charge in [0.15, 0.2) is 0 Å². The van der Waals surface area contributed by atoms with E-state index in [4.69, 9.17) is 0 Å². The molecule has 0 aliphatic carbocycles. The first kappa shape index (κ1) is 26.5. The van der Waals surface area contributed by atoms with Gasteiger partial charge in [-0.05, 0) is 118 Å². The van der Waals surface area contributed by atoms with Gasteiger partial charge in [0.25, 0.3) is 0 Å². The van der Waals surface area contributed by atoms with Crippen LogP contribution in [-0.2, 0) is 0 Å². The Morgan fingerprint density at radius 3 is 0.580 bits per heavy atom. The van der Waals surface area contributed by atoms with Gasteiger partial charge in [-0.25, -0.2) is 0 Å². The third-order valence-electron chi connectivity index (χ3n) is 11.5. The summed E-state index contributed by atoms with van der Waals surface area (Å²) < 4.78 is 0. The molecule has 12 rings (SSSR count). The molecule has 0 aliphatic rings. The third-order valence-corrected chi connectivity index (χ3v) is 11.5. The number of benzene rings is 12. The Hall–Kier alpha value is -6.50. The number of hydrogen-bond acceptors (Lipinski definition) is 0. The standard InChI is InChI=1S/C50H28/c1-3-7-40-29(5-1)9-11-31-13-15-33-17-19-35-21-23-37-25-27-39-28-26-38-24-22-36-20-18-34-16-14-32-12-10-30-6-2-4-8-41(30)43(32)45(34)47(36)49(38)50(39)48(37)46(35)44(33)42(31)40/h1-28H. The summed E-state index contributed by atoms with van der Waals surface area (Å²) in [7, 11) is 0. The normalized spacial score (nSPS) is 12.4. The van der Waals surface area contributed by atoms with Crippen molar-refractivity contribution in [3.05, 3.63) is 170 Å². The van der Waals surface area contributed by atoms with Gasteiger partial charge < -0.3 is 0 Å². The zero-order valence-electron chi connectivity index (χ0n) is 27.2. The van der Waals surface area contributed by atoms with E-state index in [1.54, 1.807) is 0 Å². The maximum atomic E-state index is 2.33. The zero-order valence-corrected chi connectivity index (χ0v) is 27.2. The summed E-state index contributed by atoms with van der Waals surface area (Å²) in [6.45, 7) is 0. The summed E-state index contributed by atoms with van der Waals surface area (Å²) in [5.41, 5.74) is 0. The number of hydrogen-bond donors (Lipinski definition) is 0. The first-order valence-electron chi connectivity index (χ1n) is 17.5. The Morgan fingerprint density at radius 2 is 0.320 bits per heavy atom. The van der Waals surface area contributed by atoms with Gasteiger partial charge in [0, 0.05) is 0 Å². The lowest BCUT2D eigenvalue weighted by molar-refractivity contribution is 1.79. The van der Waals surface area contributed by atoms with Crippen LogP contribution in [0, 0.1) is 0 Å². The molecule has 0 aromatic heterocycles. The lowest BCUT2D eigenvalue weighted by Crippen LogP contribution is -1.89. The molecule has 228 valence electrons. The van der Waals surface area contributed by atoms with Gasteiger partial charge in [-0.2, -0.15) is 0 Å². The molecule has 0 amide bonds. The van der Waals surface area contributed by atoms with E-state index < -0.39 is 0 Å². The molecule has 0 heterocycles. The zero-order chi connectivity index (χ0) is 32.5. The summed E-state index contributed by atoms with van der Waals surface area (Å²) in [5, 5.41) is 28.7. The van der Waals surface area contributed by atoms with Crippen LogP contribution in [0.3, 0.4) is 0 Å². The van der Waals surface area contributed by atoms with Gasteiger partial charge in [0.05, 0.1) is 0 Å². The van der Waals surface area contributed by atoms with E-state index in [1.165, 1.54) is 118 Å². The number of rotatable bonds is 0. The highest BCUT2D eigenvalue weighted by molar-refractivity contribution is 6.42. The molecule has 50 heavy (non-hydrogen) atoms. The molecular formula is C50H28. The van der Waals surface area contributed by atoms with E-state index in [1.807, 2.05) is 0 Å². The van der Waals surface area contributed by atoms with Crippen molar-refractivity contribution in [3.63, 3.8) is 0 Å². The molecule has 0 spiro atoms. The molecule has 0 nitrogen and oxygen atoms in total. The highest BCUT2D eigenvalue weighted by Crippen LogP contribution is 2.46. The van der Waals surface area contributed by atoms with Crippen LogP contribution in [0.1, 0.15) is 0 Å². The third kappa shape index (κ3) is 3.40. The largest absolute Gasteiger partial charge is 0.0616 e. The summed E-state index contributed by atoms with van der Waals surface area (Å²) in [5.74, 6) is 0. The van der Waals surface area contributed by atoms with E-state index in [0.29, 0.717) is 0 Å². The Bertz CT molecular complexity index is 3200. The van der Waals surface area contributed by atoms with Crippen molar-refractivity contribution in [3.8, 4) is 0 Å². The van der Waals surface area contributed by atoms with Crippen LogP contribution in [0.4, 0.5) is 0 Å². The minimum Gasteiger partial charge on any atom is -0.0616 e. The van der Waals surface area contributed by atoms with Crippen LogP contribution < -0.4 is 0 Å². The van der Waals surface area contributed by atoms with Crippen molar-refractivity contribution in [2.75, 3.05) is 0 Å². The molecule has 0 saturated carbocycles. The van der Waals surface area contributed by atoms with Crippen molar-refractivity contribution in [1.29, 1.82) is 0 Å². The monoisotopic (exact) mass is 628 g/mol. The highest BCUT2D eigenvalue weighted by atomic mass is 14.2. The molecule has 12 aromatic rings. The first-order valence-corrected chi connectivity index (χ1v) is 17.5. The van der Waals surface area contributed by atoms with Gasteiger partial charge >= 0.3 is 0 Å². The van der Waals surface area contributed by atoms with Crippen LogP contribution in [0.5, 0.6) is 0 Å². The summed E-state index contributed by atoms with van der Waals surface area (Å²) in [6, 6.07) is 64.0. The quantitative estimate of drug-likeness (QED) is 0.147. The SMILES string of the molecule is c1ccc2c(c1)ccc1ccc3ccc4ccc5ccc6ccc7ccc8ccc9ccc%10ccc%11ccccc%11c%10c9c8c7c6c5c4c3c12. The summed E-state index contributed by atoms with van der Waals surface area (Å²) >= 11 is 0. The molecular weight excluding hydrogens is 601 g/mol. The molecule has 0 unspecified atom stereocenters. The molecule has 12 aromatic carbocycles. The minimum atomic E-state index is 1.27. The highest BCUT2D eigenvalue weighted by Gasteiger charge is 2.18. The van der Waals surface area contributed by atoms with Crippen LogP contribution in [0.2, 0.25) is 0 Å². The smallest absolute Gasteiger partial charge is 0.00139 e. The van der Waals surface area contributed by atoms with E-state index in [2.05, 4.69) is 170 Å². The Kier molecular flexibility index (Phi) is 5.06. The topological polar surface area (TPSA) is 0 Å². The van der Waals surface area contributed by atoms with Crippen LogP contribution >= 0.6 is 0 Å². The van der Waals surface area contributed by atoms with Gasteiger partial charge in [-0.1, -0.05) is 170 Å². The molecule has 0 bridgehead atoms. The van der Waals surface area contributed by atoms with Gasteiger partial charge in [-0.3, -0.25) is 0 Å².